The molecule has 2 rings (SSSR count). The molecule has 0 saturated carbocycles. The van der Waals surface area contributed by atoms with E-state index in [9.17, 15) is 9.50 Å². The lowest BCUT2D eigenvalue weighted by atomic mass is 10.1. The van der Waals surface area contributed by atoms with Crippen LogP contribution in [0.25, 0.3) is 0 Å². The summed E-state index contributed by atoms with van der Waals surface area (Å²) in [5.41, 5.74) is 0.500. The molecule has 0 aliphatic heterocycles. The third-order valence-electron chi connectivity index (χ3n) is 2.67. The van der Waals surface area contributed by atoms with Gasteiger partial charge in [0, 0.05) is 21.9 Å². The van der Waals surface area contributed by atoms with Gasteiger partial charge in [0.25, 0.3) is 0 Å². The Morgan fingerprint density at radius 2 is 2.00 bits per heavy atom. The van der Waals surface area contributed by atoms with Crippen molar-refractivity contribution in [2.24, 2.45) is 0 Å². The summed E-state index contributed by atoms with van der Waals surface area (Å²) in [6, 6.07) is 4.50. The zero-order valence-electron chi connectivity index (χ0n) is 10.3. The van der Waals surface area contributed by atoms with Gasteiger partial charge in [0.15, 0.2) is 0 Å². The average Bonchev–Trinajstić information content (AvgIpc) is 2.89. The first-order valence-corrected chi connectivity index (χ1v) is 7.07. The number of rotatable bonds is 4. The minimum atomic E-state index is -0.888. The quantitative estimate of drug-likeness (QED) is 0.916. The van der Waals surface area contributed by atoms with E-state index >= 15 is 0 Å². The maximum absolute atomic E-state index is 13.4. The van der Waals surface area contributed by atoms with Crippen LogP contribution in [0.15, 0.2) is 28.1 Å². The highest BCUT2D eigenvalue weighted by atomic mass is 79.9. The van der Waals surface area contributed by atoms with Crippen LogP contribution in [0.3, 0.4) is 0 Å². The van der Waals surface area contributed by atoms with Crippen molar-refractivity contribution < 1.29 is 19.0 Å². The van der Waals surface area contributed by atoms with Gasteiger partial charge in [-0.1, -0.05) is 0 Å². The van der Waals surface area contributed by atoms with Gasteiger partial charge in [-0.15, -0.1) is 11.3 Å². The van der Waals surface area contributed by atoms with Gasteiger partial charge in [0.05, 0.1) is 18.7 Å². The van der Waals surface area contributed by atoms with Crippen molar-refractivity contribution in [3.63, 3.8) is 0 Å². The smallest absolute Gasteiger partial charge is 0.141 e. The number of halogens is 2. The lowest BCUT2D eigenvalue weighted by Gasteiger charge is -2.14. The topological polar surface area (TPSA) is 38.7 Å². The number of aliphatic hydroxyl groups excluding tert-OH is 1. The van der Waals surface area contributed by atoms with Crippen molar-refractivity contribution in [3.8, 4) is 11.5 Å². The first-order valence-electron chi connectivity index (χ1n) is 5.40. The summed E-state index contributed by atoms with van der Waals surface area (Å²) in [6.07, 6.45) is -0.888. The van der Waals surface area contributed by atoms with Crippen LogP contribution in [0.4, 0.5) is 4.39 Å². The van der Waals surface area contributed by atoms with E-state index in [4.69, 9.17) is 9.47 Å². The Morgan fingerprint density at radius 1 is 1.26 bits per heavy atom. The van der Waals surface area contributed by atoms with Crippen molar-refractivity contribution >= 4 is 27.3 Å². The molecule has 1 unspecified atom stereocenters. The first kappa shape index (κ1) is 14.3. The van der Waals surface area contributed by atoms with E-state index in [-0.39, 0.29) is 4.47 Å². The van der Waals surface area contributed by atoms with Gasteiger partial charge in [0.2, 0.25) is 0 Å². The molecule has 0 radical (unpaired) electrons. The monoisotopic (exact) mass is 346 g/mol. The van der Waals surface area contributed by atoms with E-state index in [0.29, 0.717) is 21.9 Å². The summed E-state index contributed by atoms with van der Waals surface area (Å²) in [5.74, 6) is 0.552. The second-order valence-corrected chi connectivity index (χ2v) is 5.60. The molecule has 0 saturated heterocycles. The number of ether oxygens (including phenoxy) is 2. The predicted octanol–water partition coefficient (Wildman–Crippen LogP) is 3.75. The first-order chi connectivity index (χ1) is 9.06. The van der Waals surface area contributed by atoms with Crippen LogP contribution in [0.1, 0.15) is 16.5 Å². The number of aliphatic hydroxyl groups is 1. The maximum atomic E-state index is 13.4. The summed E-state index contributed by atoms with van der Waals surface area (Å²) in [6.45, 7) is 0. The SMILES string of the molecule is COc1csc(C(O)c2cc(Br)c(F)cc2OC)c1. The highest BCUT2D eigenvalue weighted by Gasteiger charge is 2.20. The molecule has 0 bridgehead atoms. The van der Waals surface area contributed by atoms with E-state index in [1.54, 1.807) is 18.6 Å². The average molecular weight is 347 g/mol. The molecule has 19 heavy (non-hydrogen) atoms. The van der Waals surface area contributed by atoms with Crippen LogP contribution in [0.2, 0.25) is 0 Å². The Hall–Kier alpha value is -1.11. The molecule has 0 spiro atoms. The van der Waals surface area contributed by atoms with Gasteiger partial charge >= 0.3 is 0 Å². The van der Waals surface area contributed by atoms with Crippen molar-refractivity contribution in [2.45, 2.75) is 6.10 Å². The third-order valence-corrected chi connectivity index (χ3v) is 4.24. The highest BCUT2D eigenvalue weighted by Crippen LogP contribution is 2.37. The number of hydrogen-bond donors (Lipinski definition) is 1. The van der Waals surface area contributed by atoms with Gasteiger partial charge in [-0.3, -0.25) is 0 Å². The van der Waals surface area contributed by atoms with E-state index in [1.165, 1.54) is 30.6 Å². The van der Waals surface area contributed by atoms with Gasteiger partial charge in [-0.05, 0) is 28.1 Å². The third kappa shape index (κ3) is 2.91. The number of methoxy groups -OCH3 is 2. The molecule has 0 aliphatic carbocycles. The largest absolute Gasteiger partial charge is 0.496 e. The summed E-state index contributed by atoms with van der Waals surface area (Å²) in [7, 11) is 3.00. The molecule has 6 heteroatoms. The molecular weight excluding hydrogens is 335 g/mol. The molecule has 0 amide bonds. The fraction of sp³-hybridized carbons (Fsp3) is 0.231. The minimum absolute atomic E-state index is 0.283. The summed E-state index contributed by atoms with van der Waals surface area (Å²) in [4.78, 5) is 0.702. The van der Waals surface area contributed by atoms with Crippen molar-refractivity contribution in [1.29, 1.82) is 0 Å². The molecule has 102 valence electrons. The van der Waals surface area contributed by atoms with Gasteiger partial charge in [0.1, 0.15) is 23.4 Å². The van der Waals surface area contributed by atoms with Crippen LogP contribution in [0, 0.1) is 5.82 Å². The minimum Gasteiger partial charge on any atom is -0.496 e. The van der Waals surface area contributed by atoms with Crippen molar-refractivity contribution in [1.82, 2.24) is 0 Å². The second kappa shape index (κ2) is 5.90. The van der Waals surface area contributed by atoms with E-state index in [1.807, 2.05) is 0 Å². The number of hydrogen-bond acceptors (Lipinski definition) is 4. The molecule has 1 aromatic carbocycles. The molecule has 0 fully saturated rings. The van der Waals surface area contributed by atoms with Gasteiger partial charge in [-0.2, -0.15) is 0 Å². The lowest BCUT2D eigenvalue weighted by molar-refractivity contribution is 0.218. The molecular formula is C13H12BrFO3S. The highest BCUT2D eigenvalue weighted by molar-refractivity contribution is 9.10. The Kier molecular flexibility index (Phi) is 4.44. The zero-order chi connectivity index (χ0) is 14.0. The Bertz CT molecular complexity index is 585. The standard InChI is InChI=1S/C13H12BrFO3S/c1-17-7-3-12(19-6-7)13(16)8-4-9(14)10(15)5-11(8)18-2/h3-6,13,16H,1-2H3. The normalized spacial score (nSPS) is 12.3. The summed E-state index contributed by atoms with van der Waals surface area (Å²) >= 11 is 4.47. The summed E-state index contributed by atoms with van der Waals surface area (Å²) < 4.78 is 23.9. The Morgan fingerprint density at radius 3 is 2.58 bits per heavy atom. The molecule has 1 heterocycles. The number of thiophene rings is 1. The number of benzene rings is 1. The predicted molar refractivity (Wildman–Crippen MR) is 75.6 cm³/mol. The van der Waals surface area contributed by atoms with Crippen molar-refractivity contribution in [3.05, 3.63) is 44.3 Å². The van der Waals surface area contributed by atoms with E-state index in [2.05, 4.69) is 15.9 Å². The molecule has 1 aromatic heterocycles. The molecule has 2 aromatic rings. The van der Waals surface area contributed by atoms with Crippen molar-refractivity contribution in [2.75, 3.05) is 14.2 Å². The van der Waals surface area contributed by atoms with E-state index < -0.39 is 11.9 Å². The second-order valence-electron chi connectivity index (χ2n) is 3.80. The van der Waals surface area contributed by atoms with E-state index in [0.717, 1.165) is 0 Å². The van der Waals surface area contributed by atoms with Crippen LogP contribution in [-0.2, 0) is 0 Å². The molecule has 0 aliphatic rings. The van der Waals surface area contributed by atoms with Gasteiger partial charge < -0.3 is 14.6 Å². The fourth-order valence-corrected chi connectivity index (χ4v) is 2.89. The Balaban J connectivity index is 2.42. The maximum Gasteiger partial charge on any atom is 0.141 e. The molecule has 1 atom stereocenters. The van der Waals surface area contributed by atoms with Crippen LogP contribution >= 0.6 is 27.3 Å². The molecule has 3 nitrogen and oxygen atoms in total. The fourth-order valence-electron chi connectivity index (χ4n) is 1.67. The summed E-state index contributed by atoms with van der Waals surface area (Å²) in [5, 5.41) is 12.2. The zero-order valence-corrected chi connectivity index (χ0v) is 12.7. The Labute approximate surface area is 122 Å². The van der Waals surface area contributed by atoms with Gasteiger partial charge in [-0.25, -0.2) is 4.39 Å². The van der Waals surface area contributed by atoms with Crippen LogP contribution in [0.5, 0.6) is 11.5 Å². The lowest BCUT2D eigenvalue weighted by Crippen LogP contribution is -2.01. The van der Waals surface area contributed by atoms with Crippen LogP contribution < -0.4 is 9.47 Å². The van der Waals surface area contributed by atoms with Crippen LogP contribution in [-0.4, -0.2) is 19.3 Å². The molecule has 1 N–H and O–H groups in total.